The number of hydrogen-bond donors (Lipinski definition) is 0. The summed E-state index contributed by atoms with van der Waals surface area (Å²) >= 11 is 12.0. The predicted molar refractivity (Wildman–Crippen MR) is 78.9 cm³/mol. The first kappa shape index (κ1) is 14.9. The highest BCUT2D eigenvalue weighted by Gasteiger charge is 2.13. The maximum absolute atomic E-state index is 6.33. The van der Waals surface area contributed by atoms with Crippen LogP contribution in [0.15, 0.2) is 18.5 Å². The van der Waals surface area contributed by atoms with Crippen molar-refractivity contribution < 1.29 is 9.47 Å². The average molecular weight is 313 g/mol. The summed E-state index contributed by atoms with van der Waals surface area (Å²) in [5.74, 6) is 1.32. The second kappa shape index (κ2) is 6.29. The van der Waals surface area contributed by atoms with Gasteiger partial charge in [0.15, 0.2) is 5.75 Å². The van der Waals surface area contributed by atoms with Gasteiger partial charge in [0.1, 0.15) is 12.4 Å². The minimum absolute atomic E-state index is 0.184. The first-order chi connectivity index (χ1) is 9.52. The van der Waals surface area contributed by atoms with E-state index in [0.29, 0.717) is 17.4 Å². The SMILES string of the molecule is COc1cc(C)c(Cl)c(COc2cnc(Cl)nc2)c1C. The van der Waals surface area contributed by atoms with Crippen molar-refractivity contribution in [3.05, 3.63) is 45.5 Å². The average Bonchev–Trinajstić information content (AvgIpc) is 2.44. The minimum Gasteiger partial charge on any atom is -0.496 e. The molecule has 1 aromatic carbocycles. The molecule has 2 rings (SSSR count). The van der Waals surface area contributed by atoms with Gasteiger partial charge in [0, 0.05) is 5.56 Å². The highest BCUT2D eigenvalue weighted by Crippen LogP contribution is 2.32. The van der Waals surface area contributed by atoms with Gasteiger partial charge < -0.3 is 9.47 Å². The fourth-order valence-electron chi connectivity index (χ4n) is 1.83. The molecular formula is C14H14Cl2N2O2. The molecule has 0 bridgehead atoms. The van der Waals surface area contributed by atoms with E-state index in [-0.39, 0.29) is 5.28 Å². The fraction of sp³-hybridized carbons (Fsp3) is 0.286. The number of methoxy groups -OCH3 is 1. The van der Waals surface area contributed by atoms with Crippen molar-refractivity contribution in [1.82, 2.24) is 9.97 Å². The molecule has 2 aromatic rings. The Morgan fingerprint density at radius 3 is 2.40 bits per heavy atom. The lowest BCUT2D eigenvalue weighted by Crippen LogP contribution is -2.03. The molecule has 20 heavy (non-hydrogen) atoms. The third-order valence-corrected chi connectivity index (χ3v) is 3.70. The largest absolute Gasteiger partial charge is 0.496 e. The Bertz CT molecular complexity index is 616. The topological polar surface area (TPSA) is 44.2 Å². The van der Waals surface area contributed by atoms with E-state index >= 15 is 0 Å². The van der Waals surface area contributed by atoms with Gasteiger partial charge in [0.25, 0.3) is 0 Å². The number of aryl methyl sites for hydroxylation is 1. The minimum atomic E-state index is 0.184. The number of benzene rings is 1. The van der Waals surface area contributed by atoms with Gasteiger partial charge in [-0.2, -0.15) is 0 Å². The Morgan fingerprint density at radius 2 is 1.80 bits per heavy atom. The molecule has 1 aromatic heterocycles. The van der Waals surface area contributed by atoms with E-state index in [4.69, 9.17) is 32.7 Å². The lowest BCUT2D eigenvalue weighted by atomic mass is 10.0. The van der Waals surface area contributed by atoms with Crippen LogP contribution in [0.2, 0.25) is 10.3 Å². The first-order valence-corrected chi connectivity index (χ1v) is 6.71. The van der Waals surface area contributed by atoms with Crippen LogP contribution >= 0.6 is 23.2 Å². The smallest absolute Gasteiger partial charge is 0.222 e. The number of halogens is 2. The highest BCUT2D eigenvalue weighted by atomic mass is 35.5. The molecule has 0 aliphatic carbocycles. The Morgan fingerprint density at radius 1 is 1.15 bits per heavy atom. The van der Waals surface area contributed by atoms with Crippen molar-refractivity contribution in [1.29, 1.82) is 0 Å². The predicted octanol–water partition coefficient (Wildman–Crippen LogP) is 3.99. The second-order valence-corrected chi connectivity index (χ2v) is 5.01. The molecule has 4 nitrogen and oxygen atoms in total. The third-order valence-electron chi connectivity index (χ3n) is 2.98. The first-order valence-electron chi connectivity index (χ1n) is 5.96. The van der Waals surface area contributed by atoms with E-state index in [1.165, 1.54) is 12.4 Å². The molecule has 1 heterocycles. The molecule has 6 heteroatoms. The van der Waals surface area contributed by atoms with Crippen LogP contribution in [0, 0.1) is 13.8 Å². The molecular weight excluding hydrogens is 299 g/mol. The van der Waals surface area contributed by atoms with Crippen molar-refractivity contribution >= 4 is 23.2 Å². The summed E-state index contributed by atoms with van der Waals surface area (Å²) in [6.45, 7) is 4.19. The fourth-order valence-corrected chi connectivity index (χ4v) is 2.18. The molecule has 0 N–H and O–H groups in total. The monoisotopic (exact) mass is 312 g/mol. The molecule has 0 fully saturated rings. The van der Waals surface area contributed by atoms with Gasteiger partial charge >= 0.3 is 0 Å². The number of nitrogens with zero attached hydrogens (tertiary/aromatic N) is 2. The quantitative estimate of drug-likeness (QED) is 0.801. The van der Waals surface area contributed by atoms with Gasteiger partial charge in [-0.05, 0) is 42.6 Å². The molecule has 0 saturated heterocycles. The molecule has 0 atom stereocenters. The zero-order valence-corrected chi connectivity index (χ0v) is 12.9. The van der Waals surface area contributed by atoms with Crippen molar-refractivity contribution in [3.8, 4) is 11.5 Å². The normalized spacial score (nSPS) is 10.4. The lowest BCUT2D eigenvalue weighted by molar-refractivity contribution is 0.301. The van der Waals surface area contributed by atoms with Crippen molar-refractivity contribution in [2.75, 3.05) is 7.11 Å². The zero-order valence-electron chi connectivity index (χ0n) is 11.4. The summed E-state index contributed by atoms with van der Waals surface area (Å²) in [5, 5.41) is 0.863. The van der Waals surface area contributed by atoms with E-state index in [1.54, 1.807) is 7.11 Å². The molecule has 0 aliphatic rings. The van der Waals surface area contributed by atoms with E-state index in [0.717, 1.165) is 22.4 Å². The summed E-state index contributed by atoms with van der Waals surface area (Å²) in [4.78, 5) is 7.72. The van der Waals surface area contributed by atoms with Crippen LogP contribution in [0.1, 0.15) is 16.7 Å². The number of ether oxygens (including phenoxy) is 2. The summed E-state index contributed by atoms with van der Waals surface area (Å²) < 4.78 is 11.0. The summed E-state index contributed by atoms with van der Waals surface area (Å²) in [7, 11) is 1.63. The van der Waals surface area contributed by atoms with Gasteiger partial charge in [-0.15, -0.1) is 0 Å². The zero-order chi connectivity index (χ0) is 14.7. The Labute approximate surface area is 127 Å². The van der Waals surface area contributed by atoms with Crippen molar-refractivity contribution in [2.45, 2.75) is 20.5 Å². The van der Waals surface area contributed by atoms with E-state index in [9.17, 15) is 0 Å². The van der Waals surface area contributed by atoms with Crippen LogP contribution < -0.4 is 9.47 Å². The molecule has 106 valence electrons. The number of rotatable bonds is 4. The summed E-state index contributed by atoms with van der Waals surface area (Å²) in [5.41, 5.74) is 2.79. The van der Waals surface area contributed by atoms with E-state index < -0.39 is 0 Å². The van der Waals surface area contributed by atoms with Crippen LogP contribution in [0.25, 0.3) is 0 Å². The maximum atomic E-state index is 6.33. The van der Waals surface area contributed by atoms with Gasteiger partial charge in [0.05, 0.1) is 24.5 Å². The number of hydrogen-bond acceptors (Lipinski definition) is 4. The number of aromatic nitrogens is 2. The van der Waals surface area contributed by atoms with Crippen LogP contribution in [0.4, 0.5) is 0 Å². The summed E-state index contributed by atoms with van der Waals surface area (Å²) in [6, 6.07) is 1.91. The molecule has 0 saturated carbocycles. The second-order valence-electron chi connectivity index (χ2n) is 4.29. The van der Waals surface area contributed by atoms with E-state index in [2.05, 4.69) is 9.97 Å². The molecule has 0 amide bonds. The van der Waals surface area contributed by atoms with Gasteiger partial charge in [-0.1, -0.05) is 11.6 Å². The van der Waals surface area contributed by atoms with Gasteiger partial charge in [0.2, 0.25) is 5.28 Å². The molecule has 0 aliphatic heterocycles. The molecule has 0 spiro atoms. The highest BCUT2D eigenvalue weighted by molar-refractivity contribution is 6.32. The van der Waals surface area contributed by atoms with Crippen LogP contribution in [-0.4, -0.2) is 17.1 Å². The Kier molecular flexibility index (Phi) is 4.68. The van der Waals surface area contributed by atoms with E-state index in [1.807, 2.05) is 19.9 Å². The molecule has 0 radical (unpaired) electrons. The van der Waals surface area contributed by atoms with Crippen LogP contribution in [0.3, 0.4) is 0 Å². The van der Waals surface area contributed by atoms with Gasteiger partial charge in [-0.25, -0.2) is 9.97 Å². The molecule has 0 unspecified atom stereocenters. The van der Waals surface area contributed by atoms with Gasteiger partial charge in [-0.3, -0.25) is 0 Å². The lowest BCUT2D eigenvalue weighted by Gasteiger charge is -2.15. The van der Waals surface area contributed by atoms with Crippen LogP contribution in [0.5, 0.6) is 11.5 Å². The standard InChI is InChI=1S/C14H14Cl2N2O2/c1-8-4-12(19-3)9(2)11(13(8)15)7-20-10-5-17-14(16)18-6-10/h4-6H,7H2,1-3H3. The maximum Gasteiger partial charge on any atom is 0.222 e. The summed E-state index contributed by atoms with van der Waals surface area (Å²) in [6.07, 6.45) is 3.04. The van der Waals surface area contributed by atoms with Crippen molar-refractivity contribution in [2.24, 2.45) is 0 Å². The Hall–Kier alpha value is -1.52. The Balaban J connectivity index is 2.24. The van der Waals surface area contributed by atoms with Crippen LogP contribution in [-0.2, 0) is 6.61 Å². The van der Waals surface area contributed by atoms with Crippen molar-refractivity contribution in [3.63, 3.8) is 0 Å². The third kappa shape index (κ3) is 3.14.